The van der Waals surface area contributed by atoms with E-state index in [1.807, 2.05) is 11.3 Å². The number of furan rings is 1. The third-order valence-corrected chi connectivity index (χ3v) is 13.2. The van der Waals surface area contributed by atoms with Crippen molar-refractivity contribution in [2.75, 3.05) is 0 Å². The van der Waals surface area contributed by atoms with Gasteiger partial charge in [0.1, 0.15) is 11.2 Å². The molecule has 0 aliphatic heterocycles. The van der Waals surface area contributed by atoms with Gasteiger partial charge < -0.3 is 4.42 Å². The van der Waals surface area contributed by atoms with Crippen LogP contribution in [0.5, 0.6) is 0 Å². The summed E-state index contributed by atoms with van der Waals surface area (Å²) in [4.78, 5) is 0. The average Bonchev–Trinajstić information content (AvgIpc) is 3.82. The molecule has 248 valence electrons. The molecule has 1 aliphatic rings. The van der Waals surface area contributed by atoms with Gasteiger partial charge in [-0.25, -0.2) is 0 Å². The summed E-state index contributed by atoms with van der Waals surface area (Å²) in [7, 11) is 0. The summed E-state index contributed by atoms with van der Waals surface area (Å²) in [6.07, 6.45) is 0. The number of thiophene rings is 1. The van der Waals surface area contributed by atoms with E-state index in [2.05, 4.69) is 172 Å². The van der Waals surface area contributed by atoms with Crippen molar-refractivity contribution >= 4 is 85.8 Å². The molecule has 53 heavy (non-hydrogen) atoms. The fourth-order valence-electron chi connectivity index (χ4n) is 9.57. The molecule has 0 amide bonds. The Morgan fingerprint density at radius 2 is 1.04 bits per heavy atom. The highest BCUT2D eigenvalue weighted by atomic mass is 32.1. The van der Waals surface area contributed by atoms with Gasteiger partial charge in [-0.05, 0) is 96.0 Å². The van der Waals surface area contributed by atoms with Crippen molar-refractivity contribution in [2.45, 2.75) is 19.3 Å². The maximum absolute atomic E-state index is 7.07. The van der Waals surface area contributed by atoms with E-state index in [1.54, 1.807) is 0 Å². The van der Waals surface area contributed by atoms with Crippen LogP contribution in [0.3, 0.4) is 0 Å². The maximum Gasteiger partial charge on any atom is 0.144 e. The lowest BCUT2D eigenvalue weighted by Gasteiger charge is -2.23. The van der Waals surface area contributed by atoms with Gasteiger partial charge in [0.15, 0.2) is 0 Å². The molecule has 0 fully saturated rings. The van der Waals surface area contributed by atoms with Crippen molar-refractivity contribution in [1.82, 2.24) is 0 Å². The summed E-state index contributed by atoms with van der Waals surface area (Å²) >= 11 is 1.88. The van der Waals surface area contributed by atoms with E-state index in [0.29, 0.717) is 0 Å². The van der Waals surface area contributed by atoms with Gasteiger partial charge in [-0.15, -0.1) is 11.3 Å². The Morgan fingerprint density at radius 3 is 1.79 bits per heavy atom. The van der Waals surface area contributed by atoms with Crippen LogP contribution >= 0.6 is 11.3 Å². The molecule has 12 rings (SSSR count). The quantitative estimate of drug-likeness (QED) is 0.164. The summed E-state index contributed by atoms with van der Waals surface area (Å²) in [5.41, 5.74) is 12.2. The molecule has 2 heterocycles. The minimum atomic E-state index is -0.0813. The molecular weight excluding hydrogens is 661 g/mol. The molecule has 0 saturated carbocycles. The lowest BCUT2D eigenvalue weighted by atomic mass is 9.80. The van der Waals surface area contributed by atoms with E-state index < -0.39 is 0 Å². The van der Waals surface area contributed by atoms with Gasteiger partial charge in [0.2, 0.25) is 0 Å². The van der Waals surface area contributed by atoms with Crippen LogP contribution in [0.15, 0.2) is 162 Å². The number of hydrogen-bond acceptors (Lipinski definition) is 2. The SMILES string of the molecule is CC1(C)c2ccccc2-c2ccc(-c3c4ccccc4c(-c4c5oc6cc7ccccc7cc6c5cc5c4sc4ccccc45)c4ccccc34)cc21. The predicted octanol–water partition coefficient (Wildman–Crippen LogP) is 15.1. The standard InChI is InChI=1S/C51H32OS/c1-51(2)42-21-11-9-15-32(42)33-24-23-31(26-43(33)51)46-35-17-5-7-19-37(35)47(38-20-8-6-18-36(38)46)48-49-40(28-41-34-16-10-12-22-45(34)53-50(41)48)39-25-29-13-3-4-14-30(29)27-44(39)52-49/h3-28H,1-2H3. The number of benzene rings is 9. The Hall–Kier alpha value is -6.22. The molecule has 0 N–H and O–H groups in total. The van der Waals surface area contributed by atoms with Gasteiger partial charge >= 0.3 is 0 Å². The minimum absolute atomic E-state index is 0.0813. The largest absolute Gasteiger partial charge is 0.455 e. The van der Waals surface area contributed by atoms with E-state index in [4.69, 9.17) is 4.42 Å². The summed E-state index contributed by atoms with van der Waals surface area (Å²) in [5.74, 6) is 0. The molecular formula is C51H32OS. The highest BCUT2D eigenvalue weighted by Crippen LogP contribution is 2.54. The second-order valence-corrected chi connectivity index (χ2v) is 16.2. The average molecular weight is 693 g/mol. The highest BCUT2D eigenvalue weighted by molar-refractivity contribution is 7.26. The van der Waals surface area contributed by atoms with Gasteiger partial charge in [-0.3, -0.25) is 0 Å². The lowest BCUT2D eigenvalue weighted by Crippen LogP contribution is -2.14. The number of hydrogen-bond donors (Lipinski definition) is 0. The van der Waals surface area contributed by atoms with E-state index >= 15 is 0 Å². The van der Waals surface area contributed by atoms with Crippen LogP contribution in [-0.4, -0.2) is 0 Å². The van der Waals surface area contributed by atoms with Crippen molar-refractivity contribution in [3.63, 3.8) is 0 Å². The Kier molecular flexibility index (Phi) is 5.78. The third-order valence-electron chi connectivity index (χ3n) is 12.0. The van der Waals surface area contributed by atoms with Crippen LogP contribution < -0.4 is 0 Å². The van der Waals surface area contributed by atoms with E-state index in [9.17, 15) is 0 Å². The summed E-state index contributed by atoms with van der Waals surface area (Å²) in [6, 6.07) is 58.5. The van der Waals surface area contributed by atoms with Crippen molar-refractivity contribution in [2.24, 2.45) is 0 Å². The first kappa shape index (κ1) is 29.4. The fourth-order valence-corrected chi connectivity index (χ4v) is 10.8. The fraction of sp³-hybridized carbons (Fsp3) is 0.0588. The molecule has 0 radical (unpaired) electrons. The van der Waals surface area contributed by atoms with Crippen molar-refractivity contribution in [3.05, 3.63) is 169 Å². The lowest BCUT2D eigenvalue weighted by molar-refractivity contribution is 0.660. The van der Waals surface area contributed by atoms with Gasteiger partial charge in [0.25, 0.3) is 0 Å². The second kappa shape index (κ2) is 10.4. The molecule has 0 saturated heterocycles. The van der Waals surface area contributed by atoms with Gasteiger partial charge in [0.05, 0.1) is 0 Å². The molecule has 0 unspecified atom stereocenters. The highest BCUT2D eigenvalue weighted by Gasteiger charge is 2.35. The first-order valence-corrected chi connectivity index (χ1v) is 19.2. The van der Waals surface area contributed by atoms with E-state index in [-0.39, 0.29) is 5.41 Å². The molecule has 0 bridgehead atoms. The monoisotopic (exact) mass is 692 g/mol. The summed E-state index contributed by atoms with van der Waals surface area (Å²) in [6.45, 7) is 4.74. The zero-order valence-corrected chi connectivity index (χ0v) is 30.1. The Labute approximate surface area is 310 Å². The van der Waals surface area contributed by atoms with Crippen LogP contribution in [-0.2, 0) is 5.41 Å². The van der Waals surface area contributed by atoms with Crippen LogP contribution in [0.2, 0.25) is 0 Å². The molecule has 0 atom stereocenters. The topological polar surface area (TPSA) is 13.1 Å². The van der Waals surface area contributed by atoms with E-state index in [1.165, 1.54) is 97.0 Å². The smallest absolute Gasteiger partial charge is 0.144 e. The number of rotatable bonds is 2. The molecule has 2 heteroatoms. The molecule has 1 nitrogen and oxygen atoms in total. The molecule has 2 aromatic heterocycles. The first-order chi connectivity index (χ1) is 26.0. The van der Waals surface area contributed by atoms with Crippen molar-refractivity contribution in [3.8, 4) is 33.4 Å². The molecule has 0 spiro atoms. The Morgan fingerprint density at radius 1 is 0.434 bits per heavy atom. The maximum atomic E-state index is 7.07. The van der Waals surface area contributed by atoms with Crippen molar-refractivity contribution in [1.29, 1.82) is 0 Å². The molecule has 11 aromatic rings. The minimum Gasteiger partial charge on any atom is -0.455 e. The Bertz CT molecular complexity index is 3320. The predicted molar refractivity (Wildman–Crippen MR) is 228 cm³/mol. The Balaban J connectivity index is 1.23. The van der Waals surface area contributed by atoms with Gasteiger partial charge in [-0.2, -0.15) is 0 Å². The zero-order chi connectivity index (χ0) is 35.0. The van der Waals surface area contributed by atoms with Crippen LogP contribution in [0.4, 0.5) is 0 Å². The normalized spacial score (nSPS) is 13.6. The summed E-state index contributed by atoms with van der Waals surface area (Å²) in [5, 5.41) is 12.3. The van der Waals surface area contributed by atoms with Crippen LogP contribution in [0.25, 0.3) is 108 Å². The van der Waals surface area contributed by atoms with Crippen LogP contribution in [0.1, 0.15) is 25.0 Å². The zero-order valence-electron chi connectivity index (χ0n) is 29.3. The second-order valence-electron chi connectivity index (χ2n) is 15.2. The molecule has 1 aliphatic carbocycles. The van der Waals surface area contributed by atoms with Crippen molar-refractivity contribution < 1.29 is 4.42 Å². The van der Waals surface area contributed by atoms with Gasteiger partial charge in [-0.1, -0.05) is 141 Å². The first-order valence-electron chi connectivity index (χ1n) is 18.4. The van der Waals surface area contributed by atoms with Gasteiger partial charge in [0, 0.05) is 47.5 Å². The third kappa shape index (κ3) is 3.91. The summed E-state index contributed by atoms with van der Waals surface area (Å²) < 4.78 is 9.63. The molecule has 9 aromatic carbocycles. The van der Waals surface area contributed by atoms with E-state index in [0.717, 1.165) is 21.9 Å². The van der Waals surface area contributed by atoms with Crippen LogP contribution in [0, 0.1) is 0 Å². The number of fused-ring (bicyclic) bond motifs is 12.